The highest BCUT2D eigenvalue weighted by molar-refractivity contribution is 7.99. The van der Waals surface area contributed by atoms with Gasteiger partial charge >= 0.3 is 0 Å². The minimum atomic E-state index is 0.363. The average Bonchev–Trinajstić information content (AvgIpc) is 3.32. The van der Waals surface area contributed by atoms with E-state index in [-0.39, 0.29) is 0 Å². The van der Waals surface area contributed by atoms with Crippen LogP contribution in [0.4, 0.5) is 0 Å². The normalized spacial score (nSPS) is 10.5. The second kappa shape index (κ2) is 6.63. The van der Waals surface area contributed by atoms with Crippen LogP contribution < -0.4 is 0 Å². The smallest absolute Gasteiger partial charge is 0.205 e. The number of hydrogen-bond acceptors (Lipinski definition) is 6. The Kier molecular flexibility index (Phi) is 4.02. The fourth-order valence-corrected chi connectivity index (χ4v) is 3.18. The van der Waals surface area contributed by atoms with Crippen molar-refractivity contribution in [2.75, 3.05) is 0 Å². The number of nitriles is 1. The predicted molar refractivity (Wildman–Crippen MR) is 92.1 cm³/mol. The third-order valence-corrected chi connectivity index (χ3v) is 4.31. The summed E-state index contributed by atoms with van der Waals surface area (Å²) in [5.41, 5.74) is 1.28. The average molecular weight is 345 g/mol. The summed E-state index contributed by atoms with van der Waals surface area (Å²) in [7, 11) is 0. The molecule has 0 amide bonds. The van der Waals surface area contributed by atoms with Crippen LogP contribution in [-0.4, -0.2) is 19.7 Å². The van der Waals surface area contributed by atoms with Crippen LogP contribution in [0, 0.1) is 11.3 Å². The van der Waals surface area contributed by atoms with Gasteiger partial charge in [0.15, 0.2) is 5.76 Å². The molecule has 7 heteroatoms. The minimum absolute atomic E-state index is 0.363. The van der Waals surface area contributed by atoms with Crippen LogP contribution in [0.5, 0.6) is 0 Å². The highest BCUT2D eigenvalue weighted by Crippen LogP contribution is 2.31. The van der Waals surface area contributed by atoms with E-state index in [0.717, 1.165) is 5.69 Å². The third kappa shape index (κ3) is 3.03. The van der Waals surface area contributed by atoms with Crippen LogP contribution in [-0.2, 0) is 0 Å². The molecule has 0 radical (unpaired) electrons. The molecule has 120 valence electrons. The van der Waals surface area contributed by atoms with Crippen molar-refractivity contribution >= 4 is 11.8 Å². The molecule has 3 heterocycles. The first-order chi connectivity index (χ1) is 12.3. The number of benzene rings is 1. The zero-order valence-corrected chi connectivity index (χ0v) is 13.7. The molecule has 4 aromatic rings. The number of aromatic nitrogens is 4. The molecule has 0 atom stereocenters. The molecule has 0 fully saturated rings. The highest BCUT2D eigenvalue weighted by Gasteiger charge is 2.18. The first-order valence-electron chi connectivity index (χ1n) is 7.45. The van der Waals surface area contributed by atoms with Crippen LogP contribution >= 0.6 is 11.8 Å². The van der Waals surface area contributed by atoms with E-state index in [2.05, 4.69) is 15.2 Å². The molecule has 0 saturated heterocycles. The Morgan fingerprint density at radius 1 is 0.960 bits per heavy atom. The van der Waals surface area contributed by atoms with Crippen molar-refractivity contribution in [1.82, 2.24) is 19.7 Å². The fourth-order valence-electron chi connectivity index (χ4n) is 2.34. The minimum Gasteiger partial charge on any atom is -0.461 e. The molecule has 0 spiro atoms. The molecular formula is C18H11N5OS. The summed E-state index contributed by atoms with van der Waals surface area (Å²) in [4.78, 5) is 4.29. The van der Waals surface area contributed by atoms with Gasteiger partial charge in [-0.05, 0) is 48.2 Å². The molecule has 6 nitrogen and oxygen atoms in total. The van der Waals surface area contributed by atoms with E-state index in [1.54, 1.807) is 18.4 Å². The Hall–Kier alpha value is -3.37. The van der Waals surface area contributed by atoms with Crippen LogP contribution in [0.2, 0.25) is 0 Å². The lowest BCUT2D eigenvalue weighted by Crippen LogP contribution is -1.99. The summed E-state index contributed by atoms with van der Waals surface area (Å²) in [5.74, 6) is 1.23. The molecule has 0 aliphatic heterocycles. The Morgan fingerprint density at radius 3 is 2.60 bits per heavy atom. The summed E-state index contributed by atoms with van der Waals surface area (Å²) < 4.78 is 7.40. The van der Waals surface area contributed by atoms with Gasteiger partial charge in [-0.25, -0.2) is 4.98 Å². The summed E-state index contributed by atoms with van der Waals surface area (Å²) in [6, 6.07) is 20.8. The van der Waals surface area contributed by atoms with E-state index in [1.807, 2.05) is 59.2 Å². The molecule has 0 N–H and O–H groups in total. The van der Waals surface area contributed by atoms with Gasteiger partial charge in [0, 0.05) is 5.69 Å². The van der Waals surface area contributed by atoms with Gasteiger partial charge in [0.2, 0.25) is 11.0 Å². The first-order valence-corrected chi connectivity index (χ1v) is 8.26. The SMILES string of the molecule is N#Cc1cccc(Sc2nnc(-c3ccco3)n2-c2ccccc2)n1. The number of para-hydroxylation sites is 1. The maximum Gasteiger partial charge on any atom is 0.205 e. The van der Waals surface area contributed by atoms with Gasteiger partial charge in [-0.2, -0.15) is 5.26 Å². The lowest BCUT2D eigenvalue weighted by Gasteiger charge is -2.08. The maximum atomic E-state index is 9.02. The van der Waals surface area contributed by atoms with Crippen molar-refractivity contribution in [2.24, 2.45) is 0 Å². The predicted octanol–water partition coefficient (Wildman–Crippen LogP) is 3.95. The van der Waals surface area contributed by atoms with Crippen molar-refractivity contribution < 1.29 is 4.42 Å². The van der Waals surface area contributed by atoms with Gasteiger partial charge in [0.25, 0.3) is 0 Å². The molecule has 0 aliphatic carbocycles. The number of furan rings is 1. The number of nitrogens with zero attached hydrogens (tertiary/aromatic N) is 5. The standard InChI is InChI=1S/C18H11N5OS/c19-12-13-6-4-10-16(20-13)25-18-22-21-17(15-9-5-11-24-15)23(18)14-7-2-1-3-8-14/h1-11H. The van der Waals surface area contributed by atoms with Crippen LogP contribution in [0.15, 0.2) is 81.5 Å². The zero-order chi connectivity index (χ0) is 17.1. The van der Waals surface area contributed by atoms with Gasteiger partial charge in [-0.3, -0.25) is 4.57 Å². The summed E-state index contributed by atoms with van der Waals surface area (Å²) in [6.07, 6.45) is 1.60. The van der Waals surface area contributed by atoms with Crippen molar-refractivity contribution in [2.45, 2.75) is 10.2 Å². The zero-order valence-electron chi connectivity index (χ0n) is 12.9. The van der Waals surface area contributed by atoms with Crippen molar-refractivity contribution in [1.29, 1.82) is 5.26 Å². The van der Waals surface area contributed by atoms with E-state index in [0.29, 0.717) is 27.5 Å². The Bertz CT molecular complexity index is 1040. The van der Waals surface area contributed by atoms with Gasteiger partial charge in [-0.15, -0.1) is 10.2 Å². The fraction of sp³-hybridized carbons (Fsp3) is 0. The van der Waals surface area contributed by atoms with E-state index in [1.165, 1.54) is 11.8 Å². The van der Waals surface area contributed by atoms with Crippen molar-refractivity contribution in [3.05, 3.63) is 72.6 Å². The third-order valence-electron chi connectivity index (χ3n) is 3.42. The lowest BCUT2D eigenvalue weighted by molar-refractivity contribution is 0.575. The van der Waals surface area contributed by atoms with E-state index < -0.39 is 0 Å². The summed E-state index contributed by atoms with van der Waals surface area (Å²) in [5, 5.41) is 18.9. The Morgan fingerprint density at radius 2 is 1.84 bits per heavy atom. The molecule has 0 aliphatic rings. The van der Waals surface area contributed by atoms with Crippen LogP contribution in [0.1, 0.15) is 5.69 Å². The molecule has 0 saturated carbocycles. The molecular weight excluding hydrogens is 334 g/mol. The Labute approximate surface area is 147 Å². The highest BCUT2D eigenvalue weighted by atomic mass is 32.2. The quantitative estimate of drug-likeness (QED) is 0.557. The Balaban J connectivity index is 1.81. The summed E-state index contributed by atoms with van der Waals surface area (Å²) >= 11 is 1.34. The molecule has 0 bridgehead atoms. The maximum absolute atomic E-state index is 9.02. The monoisotopic (exact) mass is 345 g/mol. The number of hydrogen-bond donors (Lipinski definition) is 0. The number of rotatable bonds is 4. The van der Waals surface area contributed by atoms with Gasteiger partial charge < -0.3 is 4.42 Å². The second-order valence-corrected chi connectivity index (χ2v) is 6.02. The first kappa shape index (κ1) is 15.2. The van der Waals surface area contributed by atoms with Crippen LogP contribution in [0.25, 0.3) is 17.3 Å². The van der Waals surface area contributed by atoms with E-state index >= 15 is 0 Å². The van der Waals surface area contributed by atoms with Crippen molar-refractivity contribution in [3.8, 4) is 23.3 Å². The second-order valence-electron chi connectivity index (χ2n) is 5.03. The number of pyridine rings is 1. The molecule has 25 heavy (non-hydrogen) atoms. The van der Waals surface area contributed by atoms with E-state index in [4.69, 9.17) is 9.68 Å². The van der Waals surface area contributed by atoms with E-state index in [9.17, 15) is 0 Å². The topological polar surface area (TPSA) is 80.5 Å². The van der Waals surface area contributed by atoms with Gasteiger partial charge in [-0.1, -0.05) is 24.3 Å². The largest absolute Gasteiger partial charge is 0.461 e. The van der Waals surface area contributed by atoms with Gasteiger partial charge in [0.1, 0.15) is 16.8 Å². The molecule has 0 unspecified atom stereocenters. The molecule has 1 aromatic carbocycles. The van der Waals surface area contributed by atoms with Gasteiger partial charge in [0.05, 0.1) is 6.26 Å². The molecule has 4 rings (SSSR count). The lowest BCUT2D eigenvalue weighted by atomic mass is 10.3. The van der Waals surface area contributed by atoms with Crippen molar-refractivity contribution in [3.63, 3.8) is 0 Å². The molecule has 3 aromatic heterocycles. The summed E-state index contributed by atoms with van der Waals surface area (Å²) in [6.45, 7) is 0. The van der Waals surface area contributed by atoms with Crippen LogP contribution in [0.3, 0.4) is 0 Å².